The van der Waals surface area contributed by atoms with Crippen LogP contribution in [0.1, 0.15) is 57.6 Å². The van der Waals surface area contributed by atoms with Gasteiger partial charge in [0.25, 0.3) is 0 Å². The first-order chi connectivity index (χ1) is 14.8. The van der Waals surface area contributed by atoms with Gasteiger partial charge in [-0.2, -0.15) is 5.10 Å². The standard InChI is InChI=1S/C24H31FN4O2/c1-6-11-29-21-13-19(25)17(12-18(21)16(2)14-24(29,3)4)15-26-28-23(30)27-20-9-7-8-10-22(20)31-5/h7-10,12-13,15-16H,6,11,14H2,1-5H3,(H2,27,28,30)/b26-15+. The molecule has 0 aliphatic carbocycles. The molecule has 7 heteroatoms. The third-order valence-corrected chi connectivity index (χ3v) is 5.68. The first-order valence-corrected chi connectivity index (χ1v) is 10.6. The van der Waals surface area contributed by atoms with Crippen molar-refractivity contribution in [1.82, 2.24) is 5.43 Å². The van der Waals surface area contributed by atoms with Gasteiger partial charge < -0.3 is 15.0 Å². The largest absolute Gasteiger partial charge is 0.495 e. The molecule has 6 nitrogen and oxygen atoms in total. The second kappa shape index (κ2) is 9.37. The number of ether oxygens (including phenoxy) is 1. The van der Waals surface area contributed by atoms with E-state index in [0.29, 0.717) is 22.9 Å². The molecule has 0 bridgehead atoms. The van der Waals surface area contributed by atoms with E-state index in [1.807, 2.05) is 12.1 Å². The van der Waals surface area contributed by atoms with Crippen LogP contribution in [0.4, 0.5) is 20.6 Å². The van der Waals surface area contributed by atoms with Crippen LogP contribution in [-0.2, 0) is 0 Å². The number of para-hydroxylation sites is 2. The Bertz CT molecular complexity index is 974. The molecule has 2 amide bonds. The van der Waals surface area contributed by atoms with Crippen LogP contribution >= 0.6 is 0 Å². The summed E-state index contributed by atoms with van der Waals surface area (Å²) in [6.07, 6.45) is 3.32. The van der Waals surface area contributed by atoms with Crippen molar-refractivity contribution >= 4 is 23.6 Å². The normalized spacial score (nSPS) is 17.4. The molecule has 0 aromatic heterocycles. The Morgan fingerprint density at radius 1 is 1.35 bits per heavy atom. The highest BCUT2D eigenvalue weighted by Crippen LogP contribution is 2.44. The molecule has 1 unspecified atom stereocenters. The van der Waals surface area contributed by atoms with Crippen LogP contribution in [0, 0.1) is 5.82 Å². The number of amides is 2. The van der Waals surface area contributed by atoms with Crippen LogP contribution in [0.15, 0.2) is 41.5 Å². The number of rotatable bonds is 6. The lowest BCUT2D eigenvalue weighted by atomic mass is 9.79. The summed E-state index contributed by atoms with van der Waals surface area (Å²) in [6, 6.07) is 9.96. The minimum absolute atomic E-state index is 0.0252. The van der Waals surface area contributed by atoms with Crippen molar-refractivity contribution < 1.29 is 13.9 Å². The molecule has 2 N–H and O–H groups in total. The van der Waals surface area contributed by atoms with E-state index in [-0.39, 0.29) is 11.4 Å². The molecular weight excluding hydrogens is 395 g/mol. The lowest BCUT2D eigenvalue weighted by Gasteiger charge is -2.47. The fourth-order valence-corrected chi connectivity index (χ4v) is 4.33. The number of carbonyl (C=O) groups excluding carboxylic acids is 1. The zero-order chi connectivity index (χ0) is 22.6. The molecule has 2 aromatic carbocycles. The van der Waals surface area contributed by atoms with Crippen LogP contribution in [0.25, 0.3) is 0 Å². The Morgan fingerprint density at radius 3 is 2.81 bits per heavy atom. The van der Waals surface area contributed by atoms with Crippen molar-refractivity contribution in [3.63, 3.8) is 0 Å². The molecule has 0 radical (unpaired) electrons. The second-order valence-electron chi connectivity index (χ2n) is 8.53. The summed E-state index contributed by atoms with van der Waals surface area (Å²) in [4.78, 5) is 14.4. The zero-order valence-corrected chi connectivity index (χ0v) is 18.8. The summed E-state index contributed by atoms with van der Waals surface area (Å²) < 4.78 is 20.1. The summed E-state index contributed by atoms with van der Waals surface area (Å²) >= 11 is 0. The number of fused-ring (bicyclic) bond motifs is 1. The summed E-state index contributed by atoms with van der Waals surface area (Å²) in [7, 11) is 1.53. The fourth-order valence-electron chi connectivity index (χ4n) is 4.33. The van der Waals surface area contributed by atoms with Crippen molar-refractivity contribution in [2.45, 2.75) is 52.0 Å². The van der Waals surface area contributed by atoms with Gasteiger partial charge in [-0.15, -0.1) is 0 Å². The van der Waals surface area contributed by atoms with Crippen molar-refractivity contribution in [2.75, 3.05) is 23.9 Å². The van der Waals surface area contributed by atoms with Crippen LogP contribution < -0.4 is 20.4 Å². The number of urea groups is 1. The first kappa shape index (κ1) is 22.6. The summed E-state index contributed by atoms with van der Waals surface area (Å²) in [6.45, 7) is 9.60. The van der Waals surface area contributed by atoms with Gasteiger partial charge in [-0.25, -0.2) is 14.6 Å². The highest BCUT2D eigenvalue weighted by Gasteiger charge is 2.36. The quantitative estimate of drug-likeness (QED) is 0.474. The van der Waals surface area contributed by atoms with Crippen molar-refractivity contribution in [2.24, 2.45) is 5.10 Å². The van der Waals surface area contributed by atoms with E-state index in [4.69, 9.17) is 4.74 Å². The van der Waals surface area contributed by atoms with Gasteiger partial charge in [-0.3, -0.25) is 0 Å². The van der Waals surface area contributed by atoms with Gasteiger partial charge in [0.15, 0.2) is 0 Å². The van der Waals surface area contributed by atoms with Crippen molar-refractivity contribution in [1.29, 1.82) is 0 Å². The SMILES string of the molecule is CCCN1c2cc(F)c(/C=N/NC(=O)Nc3ccccc3OC)cc2C(C)CC1(C)C. The summed E-state index contributed by atoms with van der Waals surface area (Å²) in [5.41, 5.74) is 5.27. The molecule has 1 heterocycles. The number of nitrogens with zero attached hydrogens (tertiary/aromatic N) is 2. The number of nitrogens with one attached hydrogen (secondary N) is 2. The average molecular weight is 427 g/mol. The maximum Gasteiger partial charge on any atom is 0.339 e. The average Bonchev–Trinajstić information content (AvgIpc) is 2.72. The predicted molar refractivity (Wildman–Crippen MR) is 124 cm³/mol. The van der Waals surface area contributed by atoms with Crippen LogP contribution in [0.5, 0.6) is 5.75 Å². The minimum Gasteiger partial charge on any atom is -0.495 e. The van der Waals surface area contributed by atoms with E-state index < -0.39 is 6.03 Å². The van der Waals surface area contributed by atoms with Crippen LogP contribution in [0.3, 0.4) is 0 Å². The van der Waals surface area contributed by atoms with Gasteiger partial charge in [0, 0.05) is 23.3 Å². The Hall–Kier alpha value is -3.09. The van der Waals surface area contributed by atoms with Crippen LogP contribution in [-0.4, -0.2) is 31.4 Å². The number of hydrazone groups is 1. The monoisotopic (exact) mass is 426 g/mol. The Balaban J connectivity index is 1.76. The molecule has 31 heavy (non-hydrogen) atoms. The van der Waals surface area contributed by atoms with Gasteiger partial charge in [0.1, 0.15) is 11.6 Å². The number of hydrogen-bond acceptors (Lipinski definition) is 4. The van der Waals surface area contributed by atoms with Gasteiger partial charge >= 0.3 is 6.03 Å². The first-order valence-electron chi connectivity index (χ1n) is 10.6. The van der Waals surface area contributed by atoms with E-state index in [0.717, 1.165) is 30.6 Å². The van der Waals surface area contributed by atoms with Gasteiger partial charge in [0.05, 0.1) is 19.0 Å². The highest BCUT2D eigenvalue weighted by molar-refractivity contribution is 5.92. The third-order valence-electron chi connectivity index (χ3n) is 5.68. The molecule has 2 aromatic rings. The smallest absolute Gasteiger partial charge is 0.339 e. The minimum atomic E-state index is -0.539. The maximum absolute atomic E-state index is 14.9. The molecule has 0 fully saturated rings. The lowest BCUT2D eigenvalue weighted by molar-refractivity contribution is 0.252. The molecule has 1 aliphatic heterocycles. The summed E-state index contributed by atoms with van der Waals surface area (Å²) in [5, 5.41) is 6.59. The van der Waals surface area contributed by atoms with E-state index in [1.54, 1.807) is 24.3 Å². The van der Waals surface area contributed by atoms with E-state index in [9.17, 15) is 9.18 Å². The van der Waals surface area contributed by atoms with E-state index >= 15 is 0 Å². The molecular formula is C24H31FN4O2. The molecule has 0 spiro atoms. The lowest BCUT2D eigenvalue weighted by Crippen LogP contribution is -2.48. The molecule has 0 saturated heterocycles. The number of carbonyl (C=O) groups is 1. The Labute approximate surface area is 183 Å². The molecule has 166 valence electrons. The summed E-state index contributed by atoms with van der Waals surface area (Å²) in [5.74, 6) is 0.476. The molecule has 0 saturated carbocycles. The Kier molecular flexibility index (Phi) is 6.83. The number of benzene rings is 2. The number of anilines is 2. The molecule has 3 rings (SSSR count). The van der Waals surface area contributed by atoms with Crippen LogP contribution in [0.2, 0.25) is 0 Å². The molecule has 1 aliphatic rings. The van der Waals surface area contributed by atoms with E-state index in [2.05, 4.69) is 48.4 Å². The topological polar surface area (TPSA) is 66.0 Å². The van der Waals surface area contributed by atoms with Gasteiger partial charge in [-0.1, -0.05) is 26.0 Å². The van der Waals surface area contributed by atoms with Crippen molar-refractivity contribution in [3.8, 4) is 5.75 Å². The maximum atomic E-state index is 14.9. The highest BCUT2D eigenvalue weighted by atomic mass is 19.1. The Morgan fingerprint density at radius 2 is 2.10 bits per heavy atom. The number of methoxy groups -OCH3 is 1. The van der Waals surface area contributed by atoms with Gasteiger partial charge in [-0.05, 0) is 62.4 Å². The third kappa shape index (κ3) is 4.98. The van der Waals surface area contributed by atoms with Gasteiger partial charge in [0.2, 0.25) is 0 Å². The zero-order valence-electron chi connectivity index (χ0n) is 18.8. The van der Waals surface area contributed by atoms with E-state index in [1.165, 1.54) is 13.3 Å². The second-order valence-corrected chi connectivity index (χ2v) is 8.53. The number of hydrogen-bond donors (Lipinski definition) is 2. The number of halogens is 1. The molecule has 1 atom stereocenters. The van der Waals surface area contributed by atoms with Crippen molar-refractivity contribution in [3.05, 3.63) is 53.3 Å². The predicted octanol–water partition coefficient (Wildman–Crippen LogP) is 5.49. The fraction of sp³-hybridized carbons (Fsp3) is 0.417.